The summed E-state index contributed by atoms with van der Waals surface area (Å²) in [4.78, 5) is 2.28. The molecule has 90 valence electrons. The van der Waals surface area contributed by atoms with Crippen LogP contribution >= 0.6 is 15.9 Å². The Labute approximate surface area is 101 Å². The van der Waals surface area contributed by atoms with Crippen molar-refractivity contribution < 1.29 is 8.42 Å². The van der Waals surface area contributed by atoms with Gasteiger partial charge in [-0.15, -0.1) is 0 Å². The molecule has 1 unspecified atom stereocenters. The summed E-state index contributed by atoms with van der Waals surface area (Å²) in [7, 11) is -2.80. The molecule has 0 saturated carbocycles. The summed E-state index contributed by atoms with van der Waals surface area (Å²) in [5.74, 6) is 1.28. The molecule has 1 atom stereocenters. The van der Waals surface area contributed by atoms with E-state index in [1.54, 1.807) is 6.92 Å². The van der Waals surface area contributed by atoms with E-state index in [0.29, 0.717) is 18.2 Å². The maximum Gasteiger partial charge on any atom is 0.151 e. The second-order valence-corrected chi connectivity index (χ2v) is 7.32. The van der Waals surface area contributed by atoms with Crippen LogP contribution in [0.1, 0.15) is 19.8 Å². The van der Waals surface area contributed by atoms with Crippen molar-refractivity contribution in [2.75, 3.05) is 36.5 Å². The zero-order valence-corrected chi connectivity index (χ0v) is 11.7. The lowest BCUT2D eigenvalue weighted by atomic mass is 10.0. The molecule has 0 radical (unpaired) electrons. The summed E-state index contributed by atoms with van der Waals surface area (Å²) >= 11 is 3.50. The lowest BCUT2D eigenvalue weighted by Crippen LogP contribution is -2.39. The first-order chi connectivity index (χ1) is 7.07. The molecule has 3 nitrogen and oxygen atoms in total. The van der Waals surface area contributed by atoms with Gasteiger partial charge in [-0.05, 0) is 25.3 Å². The highest BCUT2D eigenvalue weighted by Crippen LogP contribution is 2.17. The molecule has 0 amide bonds. The van der Waals surface area contributed by atoms with Gasteiger partial charge in [0, 0.05) is 24.2 Å². The van der Waals surface area contributed by atoms with Crippen LogP contribution in [0.15, 0.2) is 0 Å². The SMILES string of the molecule is CCS(=O)(=O)CCN1CCCC(CBr)C1. The van der Waals surface area contributed by atoms with Gasteiger partial charge in [0.05, 0.1) is 5.75 Å². The van der Waals surface area contributed by atoms with E-state index >= 15 is 0 Å². The van der Waals surface area contributed by atoms with Gasteiger partial charge in [0.2, 0.25) is 0 Å². The minimum Gasteiger partial charge on any atom is -0.302 e. The molecule has 5 heteroatoms. The Kier molecular flexibility index (Phi) is 5.57. The quantitative estimate of drug-likeness (QED) is 0.722. The number of rotatable bonds is 5. The highest BCUT2D eigenvalue weighted by Gasteiger charge is 2.20. The monoisotopic (exact) mass is 297 g/mol. The molecule has 1 aliphatic rings. The van der Waals surface area contributed by atoms with Crippen LogP contribution < -0.4 is 0 Å². The van der Waals surface area contributed by atoms with Crippen LogP contribution in [0, 0.1) is 5.92 Å². The van der Waals surface area contributed by atoms with Gasteiger partial charge >= 0.3 is 0 Å². The van der Waals surface area contributed by atoms with Gasteiger partial charge in [0.25, 0.3) is 0 Å². The van der Waals surface area contributed by atoms with Gasteiger partial charge in [-0.25, -0.2) is 8.42 Å². The Balaban J connectivity index is 2.33. The van der Waals surface area contributed by atoms with Crippen LogP contribution in [-0.2, 0) is 9.84 Å². The van der Waals surface area contributed by atoms with Crippen LogP contribution in [0.4, 0.5) is 0 Å². The Morgan fingerprint density at radius 2 is 2.20 bits per heavy atom. The van der Waals surface area contributed by atoms with Crippen molar-refractivity contribution in [1.29, 1.82) is 0 Å². The van der Waals surface area contributed by atoms with Crippen LogP contribution in [-0.4, -0.2) is 49.8 Å². The molecule has 0 bridgehead atoms. The molecule has 1 fully saturated rings. The fourth-order valence-corrected chi connectivity index (χ4v) is 3.25. The van der Waals surface area contributed by atoms with Crippen LogP contribution in [0.25, 0.3) is 0 Å². The van der Waals surface area contributed by atoms with Crippen molar-refractivity contribution in [2.24, 2.45) is 5.92 Å². The van der Waals surface area contributed by atoms with Crippen LogP contribution in [0.5, 0.6) is 0 Å². The average Bonchev–Trinajstić information content (AvgIpc) is 2.27. The van der Waals surface area contributed by atoms with Crippen molar-refractivity contribution in [1.82, 2.24) is 4.90 Å². The maximum absolute atomic E-state index is 11.4. The van der Waals surface area contributed by atoms with E-state index in [1.807, 2.05) is 0 Å². The molecule has 1 heterocycles. The largest absolute Gasteiger partial charge is 0.302 e. The highest BCUT2D eigenvalue weighted by molar-refractivity contribution is 9.09. The number of sulfone groups is 1. The number of alkyl halides is 1. The van der Waals surface area contributed by atoms with Crippen molar-refractivity contribution in [3.63, 3.8) is 0 Å². The second kappa shape index (κ2) is 6.21. The van der Waals surface area contributed by atoms with E-state index in [4.69, 9.17) is 0 Å². The Morgan fingerprint density at radius 1 is 1.47 bits per heavy atom. The molecule has 0 aromatic rings. The van der Waals surface area contributed by atoms with Crippen molar-refractivity contribution in [3.8, 4) is 0 Å². The normalized spacial score (nSPS) is 24.3. The summed E-state index contributed by atoms with van der Waals surface area (Å²) in [6.45, 7) is 4.53. The molecule has 1 saturated heterocycles. The van der Waals surface area contributed by atoms with E-state index in [2.05, 4.69) is 20.8 Å². The Morgan fingerprint density at radius 3 is 2.80 bits per heavy atom. The molecule has 0 aliphatic carbocycles. The number of hydrogen-bond donors (Lipinski definition) is 0. The van der Waals surface area contributed by atoms with Crippen molar-refractivity contribution in [2.45, 2.75) is 19.8 Å². The van der Waals surface area contributed by atoms with Crippen molar-refractivity contribution >= 4 is 25.8 Å². The van der Waals surface area contributed by atoms with Gasteiger partial charge in [0.1, 0.15) is 0 Å². The first-order valence-corrected chi connectivity index (χ1v) is 8.50. The number of piperidine rings is 1. The predicted molar refractivity (Wildman–Crippen MR) is 67.3 cm³/mol. The van der Waals surface area contributed by atoms with E-state index in [-0.39, 0.29) is 5.75 Å². The van der Waals surface area contributed by atoms with Gasteiger partial charge in [-0.1, -0.05) is 22.9 Å². The number of likely N-dealkylation sites (tertiary alicyclic amines) is 1. The second-order valence-electron chi connectivity index (χ2n) is 4.20. The zero-order chi connectivity index (χ0) is 11.3. The fourth-order valence-electron chi connectivity index (χ4n) is 1.89. The van der Waals surface area contributed by atoms with Crippen molar-refractivity contribution in [3.05, 3.63) is 0 Å². The topological polar surface area (TPSA) is 37.4 Å². The van der Waals surface area contributed by atoms with E-state index in [1.165, 1.54) is 12.8 Å². The zero-order valence-electron chi connectivity index (χ0n) is 9.28. The predicted octanol–water partition coefficient (Wildman–Crippen LogP) is 1.53. The summed E-state index contributed by atoms with van der Waals surface area (Å²) in [5, 5.41) is 1.03. The molecular weight excluding hydrogens is 278 g/mol. The average molecular weight is 298 g/mol. The molecule has 0 spiro atoms. The van der Waals surface area contributed by atoms with Gasteiger partial charge in [-0.3, -0.25) is 0 Å². The third kappa shape index (κ3) is 4.83. The van der Waals surface area contributed by atoms with E-state index < -0.39 is 9.84 Å². The highest BCUT2D eigenvalue weighted by atomic mass is 79.9. The molecule has 0 aromatic carbocycles. The summed E-state index contributed by atoms with van der Waals surface area (Å²) < 4.78 is 22.7. The molecule has 0 N–H and O–H groups in total. The van der Waals surface area contributed by atoms with E-state index in [9.17, 15) is 8.42 Å². The Hall–Kier alpha value is 0.390. The first-order valence-electron chi connectivity index (χ1n) is 5.56. The molecular formula is C10H20BrNO2S. The third-order valence-electron chi connectivity index (χ3n) is 2.98. The molecule has 15 heavy (non-hydrogen) atoms. The van der Waals surface area contributed by atoms with Gasteiger partial charge in [0.15, 0.2) is 9.84 Å². The minimum atomic E-state index is -2.80. The van der Waals surface area contributed by atoms with E-state index in [0.717, 1.165) is 18.4 Å². The van der Waals surface area contributed by atoms with Gasteiger partial charge in [-0.2, -0.15) is 0 Å². The van der Waals surface area contributed by atoms with Crippen LogP contribution in [0.3, 0.4) is 0 Å². The number of hydrogen-bond acceptors (Lipinski definition) is 3. The molecule has 1 aliphatic heterocycles. The smallest absolute Gasteiger partial charge is 0.151 e. The Bertz CT molecular complexity index is 279. The molecule has 0 aromatic heterocycles. The number of halogens is 1. The molecule has 1 rings (SSSR count). The summed E-state index contributed by atoms with van der Waals surface area (Å²) in [5.41, 5.74) is 0. The standard InChI is InChI=1S/C10H20BrNO2S/c1-2-15(13,14)7-6-12-5-3-4-10(8-11)9-12/h10H,2-9H2,1H3. The fraction of sp³-hybridized carbons (Fsp3) is 1.00. The summed E-state index contributed by atoms with van der Waals surface area (Å²) in [6, 6.07) is 0. The lowest BCUT2D eigenvalue weighted by molar-refractivity contribution is 0.196. The lowest BCUT2D eigenvalue weighted by Gasteiger charge is -2.31. The first kappa shape index (κ1) is 13.5. The summed E-state index contributed by atoms with van der Waals surface area (Å²) in [6.07, 6.45) is 2.46. The number of nitrogens with zero attached hydrogens (tertiary/aromatic N) is 1. The van der Waals surface area contributed by atoms with Crippen LogP contribution in [0.2, 0.25) is 0 Å². The minimum absolute atomic E-state index is 0.267. The van der Waals surface area contributed by atoms with Gasteiger partial charge < -0.3 is 4.90 Å². The third-order valence-corrected chi connectivity index (χ3v) is 5.58. The maximum atomic E-state index is 11.4.